The predicted octanol–water partition coefficient (Wildman–Crippen LogP) is -4.50. The summed E-state index contributed by atoms with van der Waals surface area (Å²) >= 11 is 2.36. The van der Waals surface area contributed by atoms with Crippen molar-refractivity contribution in [2.24, 2.45) is 0 Å². The Labute approximate surface area is 153 Å². The van der Waals surface area contributed by atoms with Gasteiger partial charge < -0.3 is 37.2 Å². The van der Waals surface area contributed by atoms with Gasteiger partial charge in [-0.1, -0.05) is 0 Å². The van der Waals surface area contributed by atoms with Gasteiger partial charge in [0, 0.05) is 0 Å². The van der Waals surface area contributed by atoms with Gasteiger partial charge in [-0.25, -0.2) is 0 Å². The van der Waals surface area contributed by atoms with Crippen LogP contribution in [0.2, 0.25) is 0 Å². The van der Waals surface area contributed by atoms with E-state index in [4.69, 9.17) is 0 Å². The summed E-state index contributed by atoms with van der Waals surface area (Å²) in [6.07, 6.45) is 0. The maximum atomic E-state index is 2.36. The Hall–Kier alpha value is 0.544. The first-order valence-corrected chi connectivity index (χ1v) is 7.03. The second-order valence-corrected chi connectivity index (χ2v) is 7.19. The molecule has 110 valence electrons. The van der Waals surface area contributed by atoms with Crippen molar-refractivity contribution >= 4 is 5.57 Å². The third-order valence-electron chi connectivity index (χ3n) is 4.88. The average molecular weight is 368 g/mol. The molecule has 0 heterocycles. The van der Waals surface area contributed by atoms with Gasteiger partial charge in [0.25, 0.3) is 0 Å². The van der Waals surface area contributed by atoms with E-state index in [1.165, 1.54) is 39.0 Å². The van der Waals surface area contributed by atoms with Gasteiger partial charge in [0.15, 0.2) is 0 Å². The molecule has 0 spiro atoms. The van der Waals surface area contributed by atoms with E-state index in [2.05, 4.69) is 68.9 Å². The van der Waals surface area contributed by atoms with Crippen LogP contribution in [0.4, 0.5) is 0 Å². The minimum absolute atomic E-state index is 0. The molecule has 0 N–H and O–H groups in total. The molecular formula is C16H21Cl3Ti. The van der Waals surface area contributed by atoms with Gasteiger partial charge >= 0.3 is 117 Å². The van der Waals surface area contributed by atoms with Crippen LogP contribution in [0, 0.1) is 27.7 Å². The summed E-state index contributed by atoms with van der Waals surface area (Å²) in [6, 6.07) is 0. The summed E-state index contributed by atoms with van der Waals surface area (Å²) in [7, 11) is 0. The molecule has 0 radical (unpaired) electrons. The largest absolute Gasteiger partial charge is 1.00 e. The van der Waals surface area contributed by atoms with Crippen molar-refractivity contribution in [3.05, 3.63) is 39.0 Å². The fraction of sp³-hybridized carbons (Fsp3) is 0.500. The second-order valence-electron chi connectivity index (χ2n) is 5.62. The number of hydrogen-bond acceptors (Lipinski definition) is 0. The molecule has 0 saturated carbocycles. The first kappa shape index (κ1) is 22.8. The van der Waals surface area contributed by atoms with E-state index in [-0.39, 0.29) is 40.9 Å². The molecule has 0 amide bonds. The van der Waals surface area contributed by atoms with Crippen LogP contribution >= 0.6 is 0 Å². The van der Waals surface area contributed by atoms with E-state index < -0.39 is 0 Å². The fourth-order valence-corrected chi connectivity index (χ4v) is 3.94. The Morgan fingerprint density at radius 3 is 1.55 bits per heavy atom. The number of rotatable bonds is 0. The number of hydrogen-bond donors (Lipinski definition) is 0. The minimum atomic E-state index is 0. The Morgan fingerprint density at radius 2 is 1.10 bits per heavy atom. The van der Waals surface area contributed by atoms with Gasteiger partial charge in [-0.15, -0.1) is 0 Å². The molecule has 1 atom stereocenters. The first-order valence-electron chi connectivity index (χ1n) is 6.25. The van der Waals surface area contributed by atoms with Crippen LogP contribution in [0.3, 0.4) is 0 Å². The summed E-state index contributed by atoms with van der Waals surface area (Å²) in [4.78, 5) is 0. The normalized spacial score (nSPS) is 19.9. The molecule has 2 rings (SSSR count). The van der Waals surface area contributed by atoms with Crippen LogP contribution in [0.25, 0.3) is 5.57 Å². The Bertz CT molecular complexity index is 558. The van der Waals surface area contributed by atoms with Crippen molar-refractivity contribution in [1.82, 2.24) is 0 Å². The molecule has 0 aliphatic heterocycles. The molecule has 4 heteroatoms. The number of fused-ring (bicyclic) bond motifs is 1. The standard InChI is InChI=1S/C16H21.3ClH.Ti/c1-8-9(2)12(5)16-14(7)10(3)13(6)15(16)11(8)4;;;;/h1-7H3;3*1H;/q;;;;+3/p-3. The van der Waals surface area contributed by atoms with Crippen molar-refractivity contribution in [1.29, 1.82) is 0 Å². The van der Waals surface area contributed by atoms with Crippen molar-refractivity contribution in [2.75, 3.05) is 0 Å². The summed E-state index contributed by atoms with van der Waals surface area (Å²) < 4.78 is 0.201. The average Bonchev–Trinajstić information content (AvgIpc) is 2.44. The molecule has 0 fully saturated rings. The van der Waals surface area contributed by atoms with Gasteiger partial charge in [0.2, 0.25) is 0 Å². The van der Waals surface area contributed by atoms with Crippen molar-refractivity contribution in [3.8, 4) is 0 Å². The van der Waals surface area contributed by atoms with Crippen LogP contribution in [0.5, 0.6) is 0 Å². The van der Waals surface area contributed by atoms with E-state index >= 15 is 0 Å². The van der Waals surface area contributed by atoms with Gasteiger partial charge in [0.05, 0.1) is 0 Å². The Balaban J connectivity index is 0. The van der Waals surface area contributed by atoms with Gasteiger partial charge in [0.1, 0.15) is 0 Å². The molecule has 20 heavy (non-hydrogen) atoms. The van der Waals surface area contributed by atoms with E-state index in [9.17, 15) is 0 Å². The van der Waals surface area contributed by atoms with Crippen LogP contribution < -0.4 is 37.2 Å². The monoisotopic (exact) mass is 366 g/mol. The van der Waals surface area contributed by atoms with Crippen LogP contribution in [0.15, 0.2) is 5.57 Å². The van der Waals surface area contributed by atoms with Crippen molar-refractivity contribution < 1.29 is 57.7 Å². The van der Waals surface area contributed by atoms with Crippen LogP contribution in [0.1, 0.15) is 54.2 Å². The molecule has 0 bridgehead atoms. The maximum Gasteiger partial charge on any atom is -1.00 e. The summed E-state index contributed by atoms with van der Waals surface area (Å²) in [5.74, 6) is 0. The number of benzene rings is 1. The van der Waals surface area contributed by atoms with Gasteiger partial charge in [-0.2, -0.15) is 0 Å². The van der Waals surface area contributed by atoms with Crippen molar-refractivity contribution in [2.45, 2.75) is 52.2 Å². The summed E-state index contributed by atoms with van der Waals surface area (Å²) in [5.41, 5.74) is 12.0. The molecule has 0 saturated heterocycles. The third-order valence-corrected chi connectivity index (χ3v) is 5.85. The fourth-order valence-electron chi connectivity index (χ4n) is 3.16. The summed E-state index contributed by atoms with van der Waals surface area (Å²) in [5, 5.41) is 0. The molecule has 1 aromatic carbocycles. The Morgan fingerprint density at radius 1 is 0.700 bits per heavy atom. The molecule has 1 aliphatic carbocycles. The Kier molecular flexibility index (Phi) is 8.22. The summed E-state index contributed by atoms with van der Waals surface area (Å²) in [6.45, 7) is 16.0. The molecule has 0 nitrogen and oxygen atoms in total. The number of allylic oxidation sites excluding steroid dienone is 2. The molecule has 0 aromatic heterocycles. The van der Waals surface area contributed by atoms with E-state index in [1.807, 2.05) is 0 Å². The first-order chi connectivity index (χ1) is 7.71. The van der Waals surface area contributed by atoms with E-state index in [0.717, 1.165) is 0 Å². The van der Waals surface area contributed by atoms with Crippen LogP contribution in [-0.2, 0) is 24.2 Å². The zero-order valence-corrected chi connectivity index (χ0v) is 17.0. The minimum Gasteiger partial charge on any atom is -1.00 e. The zero-order valence-electron chi connectivity index (χ0n) is 13.1. The predicted molar refractivity (Wildman–Crippen MR) is 71.0 cm³/mol. The van der Waals surface area contributed by atoms with Crippen LogP contribution in [-0.4, -0.2) is 0 Å². The van der Waals surface area contributed by atoms with E-state index in [1.54, 1.807) is 5.56 Å². The topological polar surface area (TPSA) is 0 Å². The number of halogens is 3. The maximum absolute atomic E-state index is 2.36. The molecular weight excluding hydrogens is 346 g/mol. The van der Waals surface area contributed by atoms with Gasteiger partial charge in [-0.05, 0) is 0 Å². The zero-order chi connectivity index (χ0) is 13.1. The van der Waals surface area contributed by atoms with Crippen molar-refractivity contribution in [3.63, 3.8) is 0 Å². The molecule has 1 unspecified atom stereocenters. The quantitative estimate of drug-likeness (QED) is 0.406. The smallest absolute Gasteiger partial charge is 1.00 e. The third kappa shape index (κ3) is 2.88. The molecule has 1 aliphatic rings. The SMILES string of the molecule is CC1=C(C)[C](C)([Ti+3])c2c(C)c(C)c(C)c(C)c21.[Cl-].[Cl-].[Cl-]. The second kappa shape index (κ2) is 7.20. The van der Waals surface area contributed by atoms with Gasteiger partial charge in [-0.3, -0.25) is 0 Å². The van der Waals surface area contributed by atoms with E-state index in [0.29, 0.717) is 0 Å². The molecule has 1 aromatic rings.